The molecule has 2 amide bonds. The van der Waals surface area contributed by atoms with Crippen molar-refractivity contribution in [1.82, 2.24) is 25.1 Å². The number of carbonyl (C=O) groups excluding carboxylic acids is 2. The number of rotatable bonds is 11. The van der Waals surface area contributed by atoms with Gasteiger partial charge < -0.3 is 25.2 Å². The van der Waals surface area contributed by atoms with Crippen molar-refractivity contribution < 1.29 is 14.3 Å². The maximum atomic E-state index is 14.3. The third-order valence-electron chi connectivity index (χ3n) is 8.53. The molecule has 2 aliphatic rings. The normalized spacial score (nSPS) is 19.8. The van der Waals surface area contributed by atoms with Gasteiger partial charge in [-0.3, -0.25) is 9.59 Å². The van der Waals surface area contributed by atoms with Gasteiger partial charge in [-0.1, -0.05) is 65.0 Å². The number of likely N-dealkylation sites (tertiary alicyclic amines) is 1. The molecule has 0 saturated carbocycles. The second-order valence-corrected chi connectivity index (χ2v) is 13.6. The first-order valence-corrected chi connectivity index (χ1v) is 16.0. The van der Waals surface area contributed by atoms with Gasteiger partial charge in [0.05, 0.1) is 5.92 Å². The molecule has 0 bridgehead atoms. The van der Waals surface area contributed by atoms with Gasteiger partial charge in [0.1, 0.15) is 17.2 Å². The van der Waals surface area contributed by atoms with Gasteiger partial charge in [0.15, 0.2) is 0 Å². The van der Waals surface area contributed by atoms with Crippen LogP contribution in [-0.4, -0.2) is 90.6 Å². The molecule has 0 radical (unpaired) electrons. The van der Waals surface area contributed by atoms with Gasteiger partial charge in [-0.2, -0.15) is 0 Å². The van der Waals surface area contributed by atoms with Crippen LogP contribution in [0.25, 0.3) is 0 Å². The maximum absolute atomic E-state index is 14.3. The van der Waals surface area contributed by atoms with E-state index in [1.165, 1.54) is 5.56 Å². The minimum absolute atomic E-state index is 0.0908. The number of ether oxygens (including phenoxy) is 1. The quantitative estimate of drug-likeness (QED) is 0.365. The third kappa shape index (κ3) is 8.76. The van der Waals surface area contributed by atoms with Gasteiger partial charge in [-0.25, -0.2) is 9.97 Å². The highest BCUT2D eigenvalue weighted by Gasteiger charge is 2.37. The van der Waals surface area contributed by atoms with Crippen LogP contribution in [0.2, 0.25) is 0 Å². The summed E-state index contributed by atoms with van der Waals surface area (Å²) in [6, 6.07) is 10.5. The molecule has 2 saturated heterocycles. The number of aromatic nitrogens is 2. The van der Waals surface area contributed by atoms with Crippen molar-refractivity contribution in [3.05, 3.63) is 53.5 Å². The van der Waals surface area contributed by atoms with E-state index in [0.717, 1.165) is 32.4 Å². The number of carbonyl (C=O) groups is 2. The number of hydrogen-bond donors (Lipinski definition) is 2. The van der Waals surface area contributed by atoms with Crippen LogP contribution in [0.15, 0.2) is 36.5 Å². The van der Waals surface area contributed by atoms with Gasteiger partial charge in [0, 0.05) is 70.6 Å². The molecule has 9 heteroatoms. The molecule has 43 heavy (non-hydrogen) atoms. The van der Waals surface area contributed by atoms with Crippen LogP contribution in [0.3, 0.4) is 0 Å². The lowest BCUT2D eigenvalue weighted by Gasteiger charge is -2.41. The number of hydrogen-bond acceptors (Lipinski definition) is 7. The summed E-state index contributed by atoms with van der Waals surface area (Å²) in [5.74, 6) is 1.99. The van der Waals surface area contributed by atoms with E-state index in [4.69, 9.17) is 9.72 Å². The maximum Gasteiger partial charge on any atom is 0.259 e. The predicted octanol–water partition coefficient (Wildman–Crippen LogP) is 4.71. The standard InChI is InChI=1S/C34H52N6O3/c1-24(2)23-40(32(42)29-22-37-33(34(3,4)5)38-30(29)36-15-10-18-43-6)28-19-27(20-35-21-28)31(41)39-16-13-26(14-17-39)25-11-8-7-9-12-25/h7-9,11-12,22,24,26-28,35H,10,13-21,23H2,1-6H3,(H,36,37,38)/t27-,28+/m1/s1. The van der Waals surface area contributed by atoms with Crippen molar-refractivity contribution in [2.75, 3.05) is 58.3 Å². The molecule has 0 unspecified atom stereocenters. The minimum Gasteiger partial charge on any atom is -0.385 e. The number of benzene rings is 1. The topological polar surface area (TPSA) is 99.7 Å². The zero-order valence-corrected chi connectivity index (χ0v) is 27.1. The van der Waals surface area contributed by atoms with E-state index >= 15 is 0 Å². The summed E-state index contributed by atoms with van der Waals surface area (Å²) in [6.07, 6.45) is 5.11. The Labute approximate surface area is 258 Å². The number of anilines is 1. The Morgan fingerprint density at radius 2 is 1.86 bits per heavy atom. The largest absolute Gasteiger partial charge is 0.385 e. The summed E-state index contributed by atoms with van der Waals surface area (Å²) >= 11 is 0. The monoisotopic (exact) mass is 592 g/mol. The second-order valence-electron chi connectivity index (χ2n) is 13.6. The van der Waals surface area contributed by atoms with E-state index in [1.807, 2.05) is 9.80 Å². The molecule has 4 rings (SSSR count). The van der Waals surface area contributed by atoms with Gasteiger partial charge in [0.2, 0.25) is 5.91 Å². The fraction of sp³-hybridized carbons (Fsp3) is 0.647. The Bertz CT molecular complexity index is 1190. The van der Waals surface area contributed by atoms with E-state index in [-0.39, 0.29) is 35.1 Å². The number of methoxy groups -OCH3 is 1. The first-order valence-electron chi connectivity index (χ1n) is 16.0. The fourth-order valence-corrected chi connectivity index (χ4v) is 6.17. The molecular weight excluding hydrogens is 540 g/mol. The number of piperidine rings is 2. The van der Waals surface area contributed by atoms with Gasteiger partial charge >= 0.3 is 0 Å². The molecule has 2 aromatic rings. The van der Waals surface area contributed by atoms with E-state index in [1.54, 1.807) is 13.3 Å². The van der Waals surface area contributed by atoms with E-state index in [0.29, 0.717) is 62.3 Å². The number of nitrogens with one attached hydrogen (secondary N) is 2. The highest BCUT2D eigenvalue weighted by atomic mass is 16.5. The zero-order valence-electron chi connectivity index (χ0n) is 27.1. The van der Waals surface area contributed by atoms with Crippen LogP contribution in [0.1, 0.15) is 88.0 Å². The van der Waals surface area contributed by atoms with Gasteiger partial charge in [-0.05, 0) is 43.1 Å². The molecule has 0 aliphatic carbocycles. The minimum atomic E-state index is -0.251. The molecule has 3 heterocycles. The average molecular weight is 593 g/mol. The predicted molar refractivity (Wildman–Crippen MR) is 171 cm³/mol. The average Bonchev–Trinajstić information content (AvgIpc) is 3.01. The molecule has 2 aliphatic heterocycles. The molecule has 2 fully saturated rings. The van der Waals surface area contributed by atoms with Gasteiger partial charge in [-0.15, -0.1) is 0 Å². The van der Waals surface area contributed by atoms with Crippen molar-refractivity contribution in [3.8, 4) is 0 Å². The molecular formula is C34H52N6O3. The third-order valence-corrected chi connectivity index (χ3v) is 8.53. The fourth-order valence-electron chi connectivity index (χ4n) is 6.17. The van der Waals surface area contributed by atoms with Crippen LogP contribution in [0.5, 0.6) is 0 Å². The molecule has 9 nitrogen and oxygen atoms in total. The molecule has 1 aromatic carbocycles. The molecule has 2 atom stereocenters. The lowest BCUT2D eigenvalue weighted by molar-refractivity contribution is -0.137. The van der Waals surface area contributed by atoms with Crippen molar-refractivity contribution >= 4 is 17.6 Å². The lowest BCUT2D eigenvalue weighted by Crippen LogP contribution is -2.55. The van der Waals surface area contributed by atoms with Crippen LogP contribution in [-0.2, 0) is 14.9 Å². The Kier molecular flexibility index (Phi) is 11.5. The molecule has 2 N–H and O–H groups in total. The van der Waals surface area contributed by atoms with Crippen molar-refractivity contribution in [1.29, 1.82) is 0 Å². The van der Waals surface area contributed by atoms with E-state index < -0.39 is 0 Å². The highest BCUT2D eigenvalue weighted by Crippen LogP contribution is 2.30. The number of nitrogens with zero attached hydrogens (tertiary/aromatic N) is 4. The summed E-state index contributed by atoms with van der Waals surface area (Å²) in [5, 5.41) is 6.87. The summed E-state index contributed by atoms with van der Waals surface area (Å²) in [4.78, 5) is 41.4. The number of amides is 2. The summed E-state index contributed by atoms with van der Waals surface area (Å²) in [6.45, 7) is 15.2. The summed E-state index contributed by atoms with van der Waals surface area (Å²) < 4.78 is 5.21. The first kappa shape index (κ1) is 32.9. The van der Waals surface area contributed by atoms with Gasteiger partial charge in [0.25, 0.3) is 5.91 Å². The Morgan fingerprint density at radius 1 is 1.14 bits per heavy atom. The van der Waals surface area contributed by atoms with Crippen molar-refractivity contribution in [2.45, 2.75) is 77.7 Å². The van der Waals surface area contributed by atoms with Crippen LogP contribution < -0.4 is 10.6 Å². The van der Waals surface area contributed by atoms with Crippen molar-refractivity contribution in [2.24, 2.45) is 11.8 Å². The highest BCUT2D eigenvalue weighted by molar-refractivity contribution is 5.98. The summed E-state index contributed by atoms with van der Waals surface area (Å²) in [5.41, 5.74) is 1.59. The van der Waals surface area contributed by atoms with E-state index in [9.17, 15) is 9.59 Å². The zero-order chi connectivity index (χ0) is 31.0. The first-order chi connectivity index (χ1) is 20.6. The SMILES string of the molecule is COCCCNc1nc(C(C)(C)C)ncc1C(=O)N(CC(C)C)[C@@H]1CNC[C@H](C(=O)N2CCC(c3ccccc3)CC2)C1. The Morgan fingerprint density at radius 3 is 2.51 bits per heavy atom. The molecule has 0 spiro atoms. The smallest absolute Gasteiger partial charge is 0.259 e. The Balaban J connectivity index is 1.48. The second kappa shape index (κ2) is 15.1. The van der Waals surface area contributed by atoms with Crippen LogP contribution in [0, 0.1) is 11.8 Å². The molecule has 1 aromatic heterocycles. The molecule has 236 valence electrons. The van der Waals surface area contributed by atoms with Crippen LogP contribution >= 0.6 is 0 Å². The van der Waals surface area contributed by atoms with Crippen molar-refractivity contribution in [3.63, 3.8) is 0 Å². The van der Waals surface area contributed by atoms with Crippen LogP contribution in [0.4, 0.5) is 5.82 Å². The summed E-state index contributed by atoms with van der Waals surface area (Å²) in [7, 11) is 1.68. The Hall–Kier alpha value is -3.04. The lowest BCUT2D eigenvalue weighted by atomic mass is 9.87. The van der Waals surface area contributed by atoms with E-state index in [2.05, 4.69) is 80.6 Å².